The lowest BCUT2D eigenvalue weighted by atomic mass is 10.1. The van der Waals surface area contributed by atoms with Crippen LogP contribution in [0.4, 0.5) is 5.69 Å². The molecule has 5 nitrogen and oxygen atoms in total. The van der Waals surface area contributed by atoms with Crippen molar-refractivity contribution < 1.29 is 14.3 Å². The van der Waals surface area contributed by atoms with E-state index < -0.39 is 12.1 Å². The fourth-order valence-corrected chi connectivity index (χ4v) is 3.03. The molecule has 0 spiro atoms. The van der Waals surface area contributed by atoms with E-state index in [1.165, 1.54) is 11.8 Å². The summed E-state index contributed by atoms with van der Waals surface area (Å²) in [5.41, 5.74) is 1.01. The molecule has 0 fully saturated rings. The lowest BCUT2D eigenvalue weighted by Crippen LogP contribution is -2.30. The Labute approximate surface area is 155 Å². The van der Waals surface area contributed by atoms with Crippen LogP contribution in [-0.2, 0) is 9.53 Å². The Morgan fingerprint density at radius 2 is 1.85 bits per heavy atom. The molecule has 0 aliphatic heterocycles. The van der Waals surface area contributed by atoms with Gasteiger partial charge in [-0.3, -0.25) is 4.79 Å². The number of carbonyl (C=O) groups excluding carboxylic acids is 2. The van der Waals surface area contributed by atoms with Crippen molar-refractivity contribution in [1.29, 1.82) is 0 Å². The fraction of sp³-hybridized carbons (Fsp3) is 0.150. The largest absolute Gasteiger partial charge is 0.449 e. The molecule has 0 aliphatic rings. The number of hydrogen-bond acceptors (Lipinski definition) is 5. The van der Waals surface area contributed by atoms with Gasteiger partial charge in [0.15, 0.2) is 6.10 Å². The highest BCUT2D eigenvalue weighted by Gasteiger charge is 2.21. The molecule has 0 unspecified atom stereocenters. The summed E-state index contributed by atoms with van der Waals surface area (Å²) in [6.45, 7) is 1.55. The monoisotopic (exact) mass is 366 g/mol. The second-order valence-corrected chi connectivity index (χ2v) is 6.45. The standard InChI is InChI=1S/C20H18N2O3S/c1-13(25-20(24)17-8-5-11-21-19(17)26-2)18(23)22-16-10-9-14-6-3-4-7-15(14)12-16/h3-13H,1-2H3,(H,22,23)/t13-/m0/s1. The lowest BCUT2D eigenvalue weighted by Gasteiger charge is -2.14. The highest BCUT2D eigenvalue weighted by atomic mass is 32.2. The number of nitrogens with one attached hydrogen (secondary N) is 1. The molecule has 1 atom stereocenters. The van der Waals surface area contributed by atoms with Crippen molar-refractivity contribution in [3.8, 4) is 0 Å². The molecule has 2 aromatic carbocycles. The summed E-state index contributed by atoms with van der Waals surface area (Å²) in [5, 5.41) is 5.46. The SMILES string of the molecule is CSc1ncccc1C(=O)O[C@@H](C)C(=O)Nc1ccc2ccccc2c1. The zero-order valence-electron chi connectivity index (χ0n) is 14.4. The van der Waals surface area contributed by atoms with E-state index >= 15 is 0 Å². The number of rotatable bonds is 5. The molecule has 0 aliphatic carbocycles. The van der Waals surface area contributed by atoms with Crippen LogP contribution < -0.4 is 5.32 Å². The highest BCUT2D eigenvalue weighted by molar-refractivity contribution is 7.98. The molecule has 0 bridgehead atoms. The van der Waals surface area contributed by atoms with Gasteiger partial charge in [0.1, 0.15) is 5.03 Å². The van der Waals surface area contributed by atoms with Crippen LogP contribution in [-0.4, -0.2) is 29.2 Å². The molecular formula is C20H18N2O3S. The van der Waals surface area contributed by atoms with Crippen molar-refractivity contribution in [3.05, 3.63) is 66.4 Å². The van der Waals surface area contributed by atoms with Gasteiger partial charge in [0.05, 0.1) is 5.56 Å². The predicted octanol–water partition coefficient (Wildman–Crippen LogP) is 4.14. The van der Waals surface area contributed by atoms with E-state index in [2.05, 4.69) is 10.3 Å². The molecule has 132 valence electrons. The van der Waals surface area contributed by atoms with E-state index in [0.717, 1.165) is 10.8 Å². The third kappa shape index (κ3) is 4.03. The van der Waals surface area contributed by atoms with Crippen LogP contribution in [0.15, 0.2) is 65.8 Å². The van der Waals surface area contributed by atoms with Gasteiger partial charge in [0.2, 0.25) is 0 Å². The van der Waals surface area contributed by atoms with Crippen molar-refractivity contribution in [3.63, 3.8) is 0 Å². The van der Waals surface area contributed by atoms with Crippen LogP contribution in [0.25, 0.3) is 10.8 Å². The van der Waals surface area contributed by atoms with Gasteiger partial charge in [-0.2, -0.15) is 0 Å². The average molecular weight is 366 g/mol. The number of nitrogens with zero attached hydrogens (tertiary/aromatic N) is 1. The van der Waals surface area contributed by atoms with Crippen LogP contribution in [0.1, 0.15) is 17.3 Å². The molecule has 0 radical (unpaired) electrons. The van der Waals surface area contributed by atoms with Gasteiger partial charge < -0.3 is 10.1 Å². The second kappa shape index (κ2) is 8.01. The summed E-state index contributed by atoms with van der Waals surface area (Å²) >= 11 is 1.35. The highest BCUT2D eigenvalue weighted by Crippen LogP contribution is 2.20. The number of anilines is 1. The summed E-state index contributed by atoms with van der Waals surface area (Å²) in [6, 6.07) is 16.8. The third-order valence-corrected chi connectivity index (χ3v) is 4.57. The maximum absolute atomic E-state index is 12.4. The van der Waals surface area contributed by atoms with Gasteiger partial charge in [0.25, 0.3) is 5.91 Å². The first-order valence-corrected chi connectivity index (χ1v) is 9.30. The summed E-state index contributed by atoms with van der Waals surface area (Å²) in [4.78, 5) is 28.8. The summed E-state index contributed by atoms with van der Waals surface area (Å²) in [7, 11) is 0. The minimum Gasteiger partial charge on any atom is -0.449 e. The number of benzene rings is 2. The molecule has 3 aromatic rings. The molecule has 1 aromatic heterocycles. The van der Waals surface area contributed by atoms with E-state index in [1.807, 2.05) is 48.7 Å². The minimum absolute atomic E-state index is 0.352. The number of fused-ring (bicyclic) bond motifs is 1. The third-order valence-electron chi connectivity index (χ3n) is 3.85. The number of thioether (sulfide) groups is 1. The first-order chi connectivity index (χ1) is 12.6. The fourth-order valence-electron chi connectivity index (χ4n) is 2.50. The predicted molar refractivity (Wildman–Crippen MR) is 103 cm³/mol. The smallest absolute Gasteiger partial charge is 0.341 e. The van der Waals surface area contributed by atoms with Gasteiger partial charge in [-0.25, -0.2) is 9.78 Å². The van der Waals surface area contributed by atoms with Gasteiger partial charge in [-0.15, -0.1) is 11.8 Å². The van der Waals surface area contributed by atoms with E-state index in [4.69, 9.17) is 4.74 Å². The van der Waals surface area contributed by atoms with Crippen LogP contribution in [0, 0.1) is 0 Å². The summed E-state index contributed by atoms with van der Waals surface area (Å²) in [6.07, 6.45) is 2.51. The van der Waals surface area contributed by atoms with Crippen molar-refractivity contribution in [2.24, 2.45) is 0 Å². The Kier molecular flexibility index (Phi) is 5.53. The zero-order chi connectivity index (χ0) is 18.5. The van der Waals surface area contributed by atoms with Crippen LogP contribution in [0.3, 0.4) is 0 Å². The number of carbonyl (C=O) groups is 2. The van der Waals surface area contributed by atoms with Gasteiger partial charge in [0, 0.05) is 11.9 Å². The zero-order valence-corrected chi connectivity index (χ0v) is 15.2. The number of ether oxygens (including phenoxy) is 1. The number of pyridine rings is 1. The normalized spacial score (nSPS) is 11.8. The minimum atomic E-state index is -0.927. The molecule has 1 heterocycles. The first kappa shape index (κ1) is 17.9. The molecule has 0 saturated heterocycles. The Balaban J connectivity index is 1.68. The number of hydrogen-bond donors (Lipinski definition) is 1. The van der Waals surface area contributed by atoms with Crippen molar-refractivity contribution in [2.45, 2.75) is 18.1 Å². The van der Waals surface area contributed by atoms with Gasteiger partial charge in [-0.1, -0.05) is 30.3 Å². The van der Waals surface area contributed by atoms with Crippen molar-refractivity contribution in [2.75, 3.05) is 11.6 Å². The van der Waals surface area contributed by atoms with Crippen LogP contribution in [0.2, 0.25) is 0 Å². The Morgan fingerprint density at radius 3 is 2.62 bits per heavy atom. The van der Waals surface area contributed by atoms with E-state index in [-0.39, 0.29) is 5.91 Å². The van der Waals surface area contributed by atoms with E-state index in [0.29, 0.717) is 16.3 Å². The van der Waals surface area contributed by atoms with Gasteiger partial charge in [-0.05, 0) is 48.2 Å². The van der Waals surface area contributed by atoms with E-state index in [1.54, 1.807) is 25.3 Å². The van der Waals surface area contributed by atoms with Crippen LogP contribution in [0.5, 0.6) is 0 Å². The number of amides is 1. The quantitative estimate of drug-likeness (QED) is 0.543. The number of aromatic nitrogens is 1. The van der Waals surface area contributed by atoms with Gasteiger partial charge >= 0.3 is 5.97 Å². The summed E-state index contributed by atoms with van der Waals surface area (Å²) in [5.74, 6) is -0.952. The molecule has 6 heteroatoms. The maximum Gasteiger partial charge on any atom is 0.341 e. The first-order valence-electron chi connectivity index (χ1n) is 8.08. The Hall–Kier alpha value is -2.86. The second-order valence-electron chi connectivity index (χ2n) is 5.66. The van der Waals surface area contributed by atoms with Crippen molar-refractivity contribution >= 4 is 40.1 Å². The summed E-state index contributed by atoms with van der Waals surface area (Å²) < 4.78 is 5.30. The topological polar surface area (TPSA) is 68.3 Å². The average Bonchev–Trinajstić information content (AvgIpc) is 2.67. The molecule has 3 rings (SSSR count). The molecular weight excluding hydrogens is 348 g/mol. The van der Waals surface area contributed by atoms with Crippen LogP contribution >= 0.6 is 11.8 Å². The Morgan fingerprint density at radius 1 is 1.08 bits per heavy atom. The van der Waals surface area contributed by atoms with Crippen molar-refractivity contribution in [1.82, 2.24) is 4.98 Å². The molecule has 0 saturated carbocycles. The molecule has 26 heavy (non-hydrogen) atoms. The maximum atomic E-state index is 12.4. The number of esters is 1. The Bertz CT molecular complexity index is 958. The molecule has 1 amide bonds. The lowest BCUT2D eigenvalue weighted by molar-refractivity contribution is -0.123. The molecule has 1 N–H and O–H groups in total. The van der Waals surface area contributed by atoms with E-state index in [9.17, 15) is 9.59 Å².